The van der Waals surface area contributed by atoms with Crippen molar-refractivity contribution in [2.24, 2.45) is 5.10 Å². The van der Waals surface area contributed by atoms with Gasteiger partial charge < -0.3 is 0 Å². The number of benzene rings is 1. The summed E-state index contributed by atoms with van der Waals surface area (Å²) in [7, 11) is 0. The molecule has 1 N–H and O–H groups in total. The monoisotopic (exact) mass is 335 g/mol. The average Bonchev–Trinajstić information content (AvgIpc) is 2.27. The standard InChI is InChI=1S/C9H4ClF6N3O2/c10-5-1-4(9(14,15)16)2-6(19(20)21)7(5)18-17-3-8(11,12)13/h1-3,18H. The van der Waals surface area contributed by atoms with Gasteiger partial charge in [0.05, 0.1) is 15.5 Å². The summed E-state index contributed by atoms with van der Waals surface area (Å²) in [5.41, 5.74) is -1.75. The van der Waals surface area contributed by atoms with Gasteiger partial charge in [-0.15, -0.1) is 0 Å². The Kier molecular flexibility index (Phi) is 4.66. The lowest BCUT2D eigenvalue weighted by Crippen LogP contribution is -2.11. The molecule has 116 valence electrons. The fourth-order valence-corrected chi connectivity index (χ4v) is 1.44. The predicted molar refractivity (Wildman–Crippen MR) is 61.3 cm³/mol. The molecule has 0 saturated heterocycles. The minimum atomic E-state index is -4.90. The van der Waals surface area contributed by atoms with Gasteiger partial charge in [0.15, 0.2) is 5.69 Å². The van der Waals surface area contributed by atoms with Crippen molar-refractivity contribution in [3.63, 3.8) is 0 Å². The maximum Gasteiger partial charge on any atom is 0.428 e. The van der Waals surface area contributed by atoms with E-state index in [9.17, 15) is 36.5 Å². The number of anilines is 1. The van der Waals surface area contributed by atoms with E-state index in [4.69, 9.17) is 11.6 Å². The molecule has 0 aliphatic rings. The molecule has 0 spiro atoms. The van der Waals surface area contributed by atoms with Gasteiger partial charge in [-0.25, -0.2) is 0 Å². The van der Waals surface area contributed by atoms with E-state index in [0.29, 0.717) is 6.07 Å². The molecular weight excluding hydrogens is 332 g/mol. The zero-order chi connectivity index (χ0) is 16.4. The second-order valence-electron chi connectivity index (χ2n) is 3.52. The predicted octanol–water partition coefficient (Wildman–Crippen LogP) is 4.23. The summed E-state index contributed by atoms with van der Waals surface area (Å²) in [6.07, 6.45) is -10.2. The Hall–Kier alpha value is -2.04. The van der Waals surface area contributed by atoms with Crippen molar-refractivity contribution in [1.82, 2.24) is 0 Å². The van der Waals surface area contributed by atoms with Crippen molar-refractivity contribution in [2.45, 2.75) is 12.4 Å². The fraction of sp³-hybridized carbons (Fsp3) is 0.222. The Morgan fingerprint density at radius 2 is 1.81 bits per heavy atom. The van der Waals surface area contributed by atoms with Crippen LogP contribution in [0.2, 0.25) is 5.02 Å². The lowest BCUT2D eigenvalue weighted by atomic mass is 10.1. The van der Waals surface area contributed by atoms with Gasteiger partial charge in [-0.3, -0.25) is 15.5 Å². The van der Waals surface area contributed by atoms with Crippen molar-refractivity contribution in [1.29, 1.82) is 0 Å². The molecule has 0 radical (unpaired) electrons. The number of alkyl halides is 6. The van der Waals surface area contributed by atoms with Crippen LogP contribution >= 0.6 is 11.6 Å². The smallest absolute Gasteiger partial charge is 0.270 e. The molecular formula is C9H4ClF6N3O2. The Bertz CT molecular complexity index is 584. The normalized spacial score (nSPS) is 12.7. The first-order valence-electron chi connectivity index (χ1n) is 4.84. The number of nitrogens with one attached hydrogen (secondary N) is 1. The number of nitro groups is 1. The number of hydrogen-bond donors (Lipinski definition) is 1. The molecule has 0 saturated carbocycles. The van der Waals surface area contributed by atoms with Crippen molar-refractivity contribution in [3.8, 4) is 0 Å². The van der Waals surface area contributed by atoms with E-state index in [1.54, 1.807) is 5.43 Å². The van der Waals surface area contributed by atoms with Crippen LogP contribution in [0.3, 0.4) is 0 Å². The molecule has 0 unspecified atom stereocenters. The minimum Gasteiger partial charge on any atom is -0.270 e. The largest absolute Gasteiger partial charge is 0.428 e. The summed E-state index contributed by atoms with van der Waals surface area (Å²) in [6.45, 7) is 0. The molecule has 1 rings (SSSR count). The molecule has 0 aliphatic carbocycles. The maximum absolute atomic E-state index is 12.5. The van der Waals surface area contributed by atoms with Gasteiger partial charge in [-0.05, 0) is 6.07 Å². The third kappa shape index (κ3) is 4.77. The zero-order valence-electron chi connectivity index (χ0n) is 9.59. The molecule has 5 nitrogen and oxygen atoms in total. The Balaban J connectivity index is 3.26. The second-order valence-corrected chi connectivity index (χ2v) is 3.93. The molecule has 0 fully saturated rings. The van der Waals surface area contributed by atoms with Crippen molar-refractivity contribution in [3.05, 3.63) is 32.8 Å². The Morgan fingerprint density at radius 1 is 1.24 bits per heavy atom. The van der Waals surface area contributed by atoms with E-state index in [1.807, 2.05) is 0 Å². The molecule has 1 aromatic rings. The lowest BCUT2D eigenvalue weighted by molar-refractivity contribution is -0.384. The number of nitrogens with zero attached hydrogens (tertiary/aromatic N) is 2. The van der Waals surface area contributed by atoms with E-state index in [-0.39, 0.29) is 6.07 Å². The van der Waals surface area contributed by atoms with Gasteiger partial charge in [-0.2, -0.15) is 31.4 Å². The molecule has 0 aliphatic heterocycles. The summed E-state index contributed by atoms with van der Waals surface area (Å²) in [4.78, 5) is 9.45. The Morgan fingerprint density at radius 3 is 2.24 bits per heavy atom. The molecule has 0 bridgehead atoms. The van der Waals surface area contributed by atoms with Crippen LogP contribution in [0.4, 0.5) is 37.7 Å². The fourth-order valence-electron chi connectivity index (χ4n) is 1.18. The van der Waals surface area contributed by atoms with Gasteiger partial charge in [0.1, 0.15) is 6.21 Å². The zero-order valence-corrected chi connectivity index (χ0v) is 10.3. The summed E-state index contributed by atoms with van der Waals surface area (Å²) >= 11 is 5.41. The van der Waals surface area contributed by atoms with Gasteiger partial charge in [0.2, 0.25) is 0 Å². The third-order valence-corrected chi connectivity index (χ3v) is 2.28. The first kappa shape index (κ1) is 17.0. The number of nitro benzene ring substituents is 1. The summed E-state index contributed by atoms with van der Waals surface area (Å²) < 4.78 is 72.9. The number of rotatable bonds is 3. The maximum atomic E-state index is 12.5. The Labute approximate surface area is 117 Å². The van der Waals surface area contributed by atoms with Crippen LogP contribution in [0.15, 0.2) is 17.2 Å². The number of hydrazone groups is 1. The van der Waals surface area contributed by atoms with Gasteiger partial charge in [-0.1, -0.05) is 11.6 Å². The van der Waals surface area contributed by atoms with E-state index in [1.165, 1.54) is 0 Å². The minimum absolute atomic E-state index is 0.136. The van der Waals surface area contributed by atoms with E-state index < -0.39 is 45.5 Å². The van der Waals surface area contributed by atoms with Crippen LogP contribution in [0.25, 0.3) is 0 Å². The van der Waals surface area contributed by atoms with Gasteiger partial charge >= 0.3 is 12.4 Å². The molecule has 12 heteroatoms. The average molecular weight is 336 g/mol. The van der Waals surface area contributed by atoms with Gasteiger partial charge in [0, 0.05) is 6.07 Å². The molecule has 0 heterocycles. The molecule has 1 aromatic carbocycles. The van der Waals surface area contributed by atoms with E-state index >= 15 is 0 Å². The summed E-state index contributed by atoms with van der Waals surface area (Å²) in [6, 6.07) is 0.470. The van der Waals surface area contributed by atoms with Crippen molar-refractivity contribution >= 4 is 29.2 Å². The molecule has 0 atom stereocenters. The van der Waals surface area contributed by atoms with Crippen LogP contribution < -0.4 is 5.43 Å². The summed E-state index contributed by atoms with van der Waals surface area (Å²) in [5, 5.41) is 12.5. The molecule has 0 aromatic heterocycles. The quantitative estimate of drug-likeness (QED) is 0.389. The highest BCUT2D eigenvalue weighted by Crippen LogP contribution is 2.39. The second kappa shape index (κ2) is 5.76. The summed E-state index contributed by atoms with van der Waals surface area (Å²) in [5.74, 6) is 0. The highest BCUT2D eigenvalue weighted by molar-refractivity contribution is 6.33. The first-order chi connectivity index (χ1) is 9.42. The lowest BCUT2D eigenvalue weighted by Gasteiger charge is -2.10. The number of hydrogen-bond acceptors (Lipinski definition) is 4. The molecule has 0 amide bonds. The van der Waals surface area contributed by atoms with Crippen LogP contribution in [0.1, 0.15) is 5.56 Å². The van der Waals surface area contributed by atoms with Crippen molar-refractivity contribution in [2.75, 3.05) is 5.43 Å². The SMILES string of the molecule is O=[N+]([O-])c1cc(C(F)(F)F)cc(Cl)c1NN=CC(F)(F)F. The highest BCUT2D eigenvalue weighted by atomic mass is 35.5. The van der Waals surface area contributed by atoms with Crippen LogP contribution in [-0.2, 0) is 6.18 Å². The van der Waals surface area contributed by atoms with E-state index in [0.717, 1.165) is 0 Å². The van der Waals surface area contributed by atoms with Crippen LogP contribution in [0, 0.1) is 10.1 Å². The molecule has 21 heavy (non-hydrogen) atoms. The van der Waals surface area contributed by atoms with Crippen molar-refractivity contribution < 1.29 is 31.3 Å². The topological polar surface area (TPSA) is 67.5 Å². The van der Waals surface area contributed by atoms with Gasteiger partial charge in [0.25, 0.3) is 5.69 Å². The first-order valence-corrected chi connectivity index (χ1v) is 5.21. The highest BCUT2D eigenvalue weighted by Gasteiger charge is 2.34. The van der Waals surface area contributed by atoms with Crippen LogP contribution in [-0.4, -0.2) is 17.3 Å². The third-order valence-electron chi connectivity index (χ3n) is 1.98. The van der Waals surface area contributed by atoms with Crippen LogP contribution in [0.5, 0.6) is 0 Å². The number of halogens is 7. The van der Waals surface area contributed by atoms with E-state index in [2.05, 4.69) is 5.10 Å².